The first-order valence-corrected chi connectivity index (χ1v) is 20.5. The molecule has 0 bridgehead atoms. The van der Waals surface area contributed by atoms with Crippen LogP contribution in [0.25, 0.3) is 0 Å². The molecule has 0 spiro atoms. The molecule has 0 saturated carbocycles. The molecule has 0 rings (SSSR count). The SMILES string of the molecule is CCCCC/C=C\C/C=C\C/C=C\C/C=C\CCCCCC(=O)OCC(O)COC(=O)CCCCCCCCC/C=C\C/C=C\CCCCC. The fourth-order valence-corrected chi connectivity index (χ4v) is 5.27. The van der Waals surface area contributed by atoms with Crippen LogP contribution in [0.15, 0.2) is 72.9 Å². The largest absolute Gasteiger partial charge is 0.463 e. The molecule has 0 aromatic heterocycles. The molecule has 0 radical (unpaired) electrons. The Morgan fingerprint density at radius 3 is 1.06 bits per heavy atom. The van der Waals surface area contributed by atoms with Crippen LogP contribution in [0.1, 0.15) is 181 Å². The summed E-state index contributed by atoms with van der Waals surface area (Å²) in [6.07, 6.45) is 53.8. The minimum Gasteiger partial charge on any atom is -0.463 e. The van der Waals surface area contributed by atoms with Gasteiger partial charge in [-0.1, -0.05) is 151 Å². The molecule has 0 aliphatic carbocycles. The van der Waals surface area contributed by atoms with Crippen LogP contribution in [0.4, 0.5) is 0 Å². The number of rotatable bonds is 36. The first-order chi connectivity index (χ1) is 24.6. The molecule has 0 aliphatic heterocycles. The zero-order valence-corrected chi connectivity index (χ0v) is 32.4. The smallest absolute Gasteiger partial charge is 0.305 e. The van der Waals surface area contributed by atoms with Gasteiger partial charge in [0.1, 0.15) is 19.3 Å². The Labute approximate surface area is 308 Å². The lowest BCUT2D eigenvalue weighted by atomic mass is 10.1. The average Bonchev–Trinajstić information content (AvgIpc) is 3.12. The van der Waals surface area contributed by atoms with E-state index in [9.17, 15) is 14.7 Å². The highest BCUT2D eigenvalue weighted by Crippen LogP contribution is 2.11. The van der Waals surface area contributed by atoms with Crippen molar-refractivity contribution in [1.29, 1.82) is 0 Å². The van der Waals surface area contributed by atoms with Gasteiger partial charge >= 0.3 is 11.9 Å². The molecule has 1 N–H and O–H groups in total. The predicted octanol–water partition coefficient (Wildman–Crippen LogP) is 13.0. The van der Waals surface area contributed by atoms with Gasteiger partial charge in [0.15, 0.2) is 0 Å². The van der Waals surface area contributed by atoms with Gasteiger partial charge < -0.3 is 14.6 Å². The summed E-state index contributed by atoms with van der Waals surface area (Å²) in [6, 6.07) is 0. The Morgan fingerprint density at radius 2 is 0.700 bits per heavy atom. The highest BCUT2D eigenvalue weighted by molar-refractivity contribution is 5.69. The molecule has 0 saturated heterocycles. The van der Waals surface area contributed by atoms with Crippen molar-refractivity contribution >= 4 is 11.9 Å². The van der Waals surface area contributed by atoms with Crippen LogP contribution < -0.4 is 0 Å². The number of carbonyl (C=O) groups is 2. The number of ether oxygens (including phenoxy) is 2. The lowest BCUT2D eigenvalue weighted by Gasteiger charge is -2.12. The van der Waals surface area contributed by atoms with Gasteiger partial charge in [-0.2, -0.15) is 0 Å². The molecule has 0 aliphatic rings. The number of unbranched alkanes of at least 4 members (excludes halogenated alkanes) is 16. The minimum atomic E-state index is -0.984. The summed E-state index contributed by atoms with van der Waals surface area (Å²) in [6.45, 7) is 4.20. The summed E-state index contributed by atoms with van der Waals surface area (Å²) in [5.74, 6) is -0.613. The van der Waals surface area contributed by atoms with E-state index in [1.807, 2.05) is 0 Å². The van der Waals surface area contributed by atoms with Crippen molar-refractivity contribution < 1.29 is 24.2 Å². The second-order valence-corrected chi connectivity index (χ2v) is 13.4. The normalized spacial score (nSPS) is 12.9. The topological polar surface area (TPSA) is 72.8 Å². The summed E-state index contributed by atoms with van der Waals surface area (Å²) in [5, 5.41) is 10.0. The molecular formula is C45H76O5. The standard InChI is InChI=1S/C45H76O5/c1-3-5-7-9-11-13-15-17-19-21-22-24-26-28-30-32-34-36-38-40-45(48)50-42-43(46)41-49-44(47)39-37-35-33-31-29-27-25-23-20-18-16-14-12-10-8-6-4-2/h11-14,17-20,22,24,28,30,43,46H,3-10,15-16,21,23,25-27,29,31-42H2,1-2H3/b13-11-,14-12-,19-17-,20-18-,24-22-,30-28-. The van der Waals surface area contributed by atoms with Gasteiger partial charge in [-0.3, -0.25) is 9.59 Å². The van der Waals surface area contributed by atoms with Crippen LogP contribution in [-0.4, -0.2) is 36.4 Å². The van der Waals surface area contributed by atoms with Crippen molar-refractivity contribution in [3.05, 3.63) is 72.9 Å². The van der Waals surface area contributed by atoms with Crippen LogP contribution in [0.3, 0.4) is 0 Å². The Hall–Kier alpha value is -2.66. The predicted molar refractivity (Wildman–Crippen MR) is 214 cm³/mol. The van der Waals surface area contributed by atoms with Crippen molar-refractivity contribution in [3.63, 3.8) is 0 Å². The summed E-state index contributed by atoms with van der Waals surface area (Å²) >= 11 is 0. The summed E-state index contributed by atoms with van der Waals surface area (Å²) in [5.41, 5.74) is 0. The van der Waals surface area contributed by atoms with Crippen molar-refractivity contribution in [3.8, 4) is 0 Å². The molecule has 0 fully saturated rings. The third-order valence-electron chi connectivity index (χ3n) is 8.41. The number of hydrogen-bond acceptors (Lipinski definition) is 5. The monoisotopic (exact) mass is 697 g/mol. The Balaban J connectivity index is 3.54. The Morgan fingerprint density at radius 1 is 0.420 bits per heavy atom. The summed E-state index contributed by atoms with van der Waals surface area (Å²) in [7, 11) is 0. The van der Waals surface area contributed by atoms with Crippen LogP contribution in [0.2, 0.25) is 0 Å². The summed E-state index contributed by atoms with van der Waals surface area (Å²) in [4.78, 5) is 24.0. The maximum atomic E-state index is 12.0. The molecule has 0 amide bonds. The highest BCUT2D eigenvalue weighted by Gasteiger charge is 2.12. The second-order valence-electron chi connectivity index (χ2n) is 13.4. The molecule has 286 valence electrons. The van der Waals surface area contributed by atoms with Gasteiger partial charge in [-0.25, -0.2) is 0 Å². The lowest BCUT2D eigenvalue weighted by Crippen LogP contribution is -2.25. The van der Waals surface area contributed by atoms with Crippen molar-refractivity contribution in [2.24, 2.45) is 0 Å². The van der Waals surface area contributed by atoms with E-state index in [1.165, 1.54) is 77.0 Å². The van der Waals surface area contributed by atoms with E-state index < -0.39 is 6.10 Å². The van der Waals surface area contributed by atoms with Crippen molar-refractivity contribution in [1.82, 2.24) is 0 Å². The van der Waals surface area contributed by atoms with Gasteiger partial charge in [-0.05, 0) is 89.9 Å². The van der Waals surface area contributed by atoms with E-state index in [1.54, 1.807) is 0 Å². The Bertz CT molecular complexity index is 926. The third kappa shape index (κ3) is 39.8. The number of esters is 2. The summed E-state index contributed by atoms with van der Waals surface area (Å²) < 4.78 is 10.3. The molecule has 0 aromatic rings. The van der Waals surface area contributed by atoms with Crippen LogP contribution in [0.5, 0.6) is 0 Å². The van der Waals surface area contributed by atoms with Crippen molar-refractivity contribution in [2.45, 2.75) is 187 Å². The first-order valence-electron chi connectivity index (χ1n) is 20.5. The average molecular weight is 697 g/mol. The molecule has 1 atom stereocenters. The second kappa shape index (κ2) is 40.8. The molecular weight excluding hydrogens is 620 g/mol. The number of allylic oxidation sites excluding steroid dienone is 12. The van der Waals surface area contributed by atoms with E-state index in [0.29, 0.717) is 12.8 Å². The number of carbonyl (C=O) groups excluding carboxylic acids is 2. The molecule has 50 heavy (non-hydrogen) atoms. The molecule has 0 heterocycles. The van der Waals surface area contributed by atoms with Gasteiger partial charge in [0, 0.05) is 12.8 Å². The molecule has 0 aromatic carbocycles. The zero-order valence-electron chi connectivity index (χ0n) is 32.4. The Kier molecular flexibility index (Phi) is 38.6. The first kappa shape index (κ1) is 47.3. The number of hydrogen-bond donors (Lipinski definition) is 1. The van der Waals surface area contributed by atoms with E-state index in [4.69, 9.17) is 9.47 Å². The van der Waals surface area contributed by atoms with Crippen LogP contribution in [-0.2, 0) is 19.1 Å². The fraction of sp³-hybridized carbons (Fsp3) is 0.689. The van der Waals surface area contributed by atoms with E-state index in [0.717, 1.165) is 77.0 Å². The zero-order chi connectivity index (χ0) is 36.4. The van der Waals surface area contributed by atoms with E-state index in [-0.39, 0.29) is 25.2 Å². The van der Waals surface area contributed by atoms with Gasteiger partial charge in [-0.15, -0.1) is 0 Å². The molecule has 5 nitrogen and oxygen atoms in total. The molecule has 1 unspecified atom stereocenters. The third-order valence-corrected chi connectivity index (χ3v) is 8.41. The number of aliphatic hydroxyl groups excluding tert-OH is 1. The van der Waals surface area contributed by atoms with Crippen LogP contribution in [0, 0.1) is 0 Å². The lowest BCUT2D eigenvalue weighted by molar-refractivity contribution is -0.152. The molecule has 5 heteroatoms. The van der Waals surface area contributed by atoms with Crippen molar-refractivity contribution in [2.75, 3.05) is 13.2 Å². The van der Waals surface area contributed by atoms with Gasteiger partial charge in [0.25, 0.3) is 0 Å². The quantitative estimate of drug-likeness (QED) is 0.0401. The van der Waals surface area contributed by atoms with Crippen LogP contribution >= 0.6 is 0 Å². The minimum absolute atomic E-state index is 0.134. The fourth-order valence-electron chi connectivity index (χ4n) is 5.27. The maximum Gasteiger partial charge on any atom is 0.305 e. The van der Waals surface area contributed by atoms with E-state index in [2.05, 4.69) is 86.8 Å². The maximum absolute atomic E-state index is 12.0. The highest BCUT2D eigenvalue weighted by atomic mass is 16.6. The van der Waals surface area contributed by atoms with Gasteiger partial charge in [0.05, 0.1) is 0 Å². The number of aliphatic hydroxyl groups is 1. The van der Waals surface area contributed by atoms with E-state index >= 15 is 0 Å². The van der Waals surface area contributed by atoms with Gasteiger partial charge in [0.2, 0.25) is 0 Å².